The molecule has 3 aromatic rings. The Balaban J connectivity index is 1.87. The lowest BCUT2D eigenvalue weighted by atomic mass is 10.1. The van der Waals surface area contributed by atoms with Gasteiger partial charge in [-0.2, -0.15) is 5.10 Å². The van der Waals surface area contributed by atoms with E-state index < -0.39 is 0 Å². The van der Waals surface area contributed by atoms with Crippen LogP contribution >= 0.6 is 0 Å². The van der Waals surface area contributed by atoms with Gasteiger partial charge in [-0.05, 0) is 55.7 Å². The van der Waals surface area contributed by atoms with Crippen molar-refractivity contribution in [2.24, 2.45) is 0 Å². The zero-order chi connectivity index (χ0) is 16.7. The van der Waals surface area contributed by atoms with Gasteiger partial charge in [-0.3, -0.25) is 0 Å². The van der Waals surface area contributed by atoms with Crippen LogP contribution in [0.5, 0.6) is 5.75 Å². The Labute approximate surface area is 142 Å². The van der Waals surface area contributed by atoms with Crippen molar-refractivity contribution in [1.29, 1.82) is 0 Å². The molecule has 0 bridgehead atoms. The van der Waals surface area contributed by atoms with Crippen LogP contribution in [-0.2, 0) is 6.42 Å². The number of nitrogens with zero attached hydrogens (tertiary/aromatic N) is 2. The van der Waals surface area contributed by atoms with Crippen LogP contribution in [0.3, 0.4) is 0 Å². The molecule has 4 nitrogen and oxygen atoms in total. The minimum Gasteiger partial charge on any atom is -0.497 e. The molecule has 0 saturated heterocycles. The Morgan fingerprint density at radius 3 is 2.75 bits per heavy atom. The number of benzene rings is 2. The van der Waals surface area contributed by atoms with Gasteiger partial charge in [0.25, 0.3) is 0 Å². The van der Waals surface area contributed by atoms with Crippen molar-refractivity contribution in [3.63, 3.8) is 0 Å². The Bertz CT molecular complexity index is 911. The molecule has 0 spiro atoms. The summed E-state index contributed by atoms with van der Waals surface area (Å²) in [6.45, 7) is 5.22. The van der Waals surface area contributed by atoms with E-state index in [-0.39, 0.29) is 0 Å². The molecule has 0 amide bonds. The lowest BCUT2D eigenvalue weighted by Crippen LogP contribution is -2.04. The molecule has 0 unspecified atom stereocenters. The van der Waals surface area contributed by atoms with Crippen molar-refractivity contribution in [1.82, 2.24) is 9.78 Å². The van der Waals surface area contributed by atoms with E-state index in [0.717, 1.165) is 41.5 Å². The van der Waals surface area contributed by atoms with Gasteiger partial charge in [0.2, 0.25) is 0 Å². The number of fused-ring (bicyclic) bond motifs is 1. The number of aryl methyl sites for hydroxylation is 2. The Morgan fingerprint density at radius 1 is 1.08 bits per heavy atom. The molecule has 2 heterocycles. The largest absolute Gasteiger partial charge is 0.497 e. The normalized spacial score (nSPS) is 12.8. The van der Waals surface area contributed by atoms with Gasteiger partial charge in [-0.25, -0.2) is 4.68 Å². The third-order valence-corrected chi connectivity index (χ3v) is 4.73. The van der Waals surface area contributed by atoms with Crippen molar-refractivity contribution in [2.45, 2.75) is 20.3 Å². The van der Waals surface area contributed by atoms with Gasteiger partial charge >= 0.3 is 0 Å². The molecular weight excluding hydrogens is 298 g/mol. The first kappa shape index (κ1) is 14.8. The second-order valence-corrected chi connectivity index (χ2v) is 6.26. The highest BCUT2D eigenvalue weighted by Crippen LogP contribution is 2.35. The molecule has 0 aliphatic carbocycles. The minimum absolute atomic E-state index is 0.855. The zero-order valence-electron chi connectivity index (χ0n) is 14.3. The number of methoxy groups -OCH3 is 1. The summed E-state index contributed by atoms with van der Waals surface area (Å²) in [6.07, 6.45) is 0.993. The number of nitrogens with one attached hydrogen (secondary N) is 1. The van der Waals surface area contributed by atoms with E-state index in [0.29, 0.717) is 0 Å². The first-order valence-electron chi connectivity index (χ1n) is 8.25. The maximum atomic E-state index is 5.37. The van der Waals surface area contributed by atoms with E-state index in [9.17, 15) is 0 Å². The highest BCUT2D eigenvalue weighted by molar-refractivity contribution is 5.73. The van der Waals surface area contributed by atoms with Crippen LogP contribution < -0.4 is 10.1 Å². The second kappa shape index (κ2) is 5.71. The number of rotatable bonds is 3. The predicted octanol–water partition coefficient (Wildman–Crippen LogP) is 4.13. The maximum Gasteiger partial charge on any atom is 0.133 e. The smallest absolute Gasteiger partial charge is 0.133 e. The summed E-state index contributed by atoms with van der Waals surface area (Å²) in [4.78, 5) is 0. The van der Waals surface area contributed by atoms with Crippen molar-refractivity contribution in [3.8, 4) is 22.7 Å². The number of aromatic nitrogens is 2. The van der Waals surface area contributed by atoms with E-state index in [4.69, 9.17) is 9.84 Å². The maximum absolute atomic E-state index is 5.37. The van der Waals surface area contributed by atoms with Gasteiger partial charge in [0.05, 0.1) is 18.5 Å². The number of ether oxygens (including phenoxy) is 1. The third kappa shape index (κ3) is 2.35. The number of hydrogen-bond donors (Lipinski definition) is 1. The SMILES string of the molecule is COc1cccc(-c2nn(-c3ccc(C)c(C)c3)c3c2CCN3)c1. The quantitative estimate of drug-likeness (QED) is 0.789. The molecule has 4 heteroatoms. The molecule has 0 saturated carbocycles. The summed E-state index contributed by atoms with van der Waals surface area (Å²) in [5.41, 5.74) is 7.07. The highest BCUT2D eigenvalue weighted by atomic mass is 16.5. The Kier molecular flexibility index (Phi) is 3.53. The van der Waals surface area contributed by atoms with Crippen LogP contribution in [-0.4, -0.2) is 23.4 Å². The van der Waals surface area contributed by atoms with Crippen LogP contribution in [0.1, 0.15) is 16.7 Å². The molecule has 1 aliphatic rings. The average molecular weight is 319 g/mol. The summed E-state index contributed by atoms with van der Waals surface area (Å²) >= 11 is 0. The molecule has 1 aromatic heterocycles. The first-order chi connectivity index (χ1) is 11.7. The monoisotopic (exact) mass is 319 g/mol. The van der Waals surface area contributed by atoms with E-state index in [1.54, 1.807) is 7.11 Å². The van der Waals surface area contributed by atoms with Gasteiger partial charge in [0.15, 0.2) is 0 Å². The van der Waals surface area contributed by atoms with Crippen molar-refractivity contribution in [2.75, 3.05) is 19.0 Å². The molecule has 1 aliphatic heterocycles. The molecule has 4 rings (SSSR count). The average Bonchev–Trinajstić information content (AvgIpc) is 3.20. The van der Waals surface area contributed by atoms with Gasteiger partial charge in [-0.15, -0.1) is 0 Å². The highest BCUT2D eigenvalue weighted by Gasteiger charge is 2.24. The fourth-order valence-electron chi connectivity index (χ4n) is 3.22. The standard InChI is InChI=1S/C20H21N3O/c1-13-7-8-16(11-14(13)2)23-20-18(9-10-21-20)19(22-23)15-5-4-6-17(12-15)24-3/h4-8,11-12,21H,9-10H2,1-3H3. The summed E-state index contributed by atoms with van der Waals surface area (Å²) in [7, 11) is 1.69. The van der Waals surface area contributed by atoms with Gasteiger partial charge in [0, 0.05) is 17.7 Å². The Hall–Kier alpha value is -2.75. The van der Waals surface area contributed by atoms with E-state index >= 15 is 0 Å². The molecule has 0 atom stereocenters. The number of hydrogen-bond acceptors (Lipinski definition) is 3. The van der Waals surface area contributed by atoms with Crippen LogP contribution in [0.15, 0.2) is 42.5 Å². The third-order valence-electron chi connectivity index (χ3n) is 4.73. The topological polar surface area (TPSA) is 39.1 Å². The molecule has 0 fully saturated rings. The fourth-order valence-corrected chi connectivity index (χ4v) is 3.22. The lowest BCUT2D eigenvalue weighted by molar-refractivity contribution is 0.415. The van der Waals surface area contributed by atoms with E-state index in [1.807, 2.05) is 22.9 Å². The van der Waals surface area contributed by atoms with Gasteiger partial charge in [0.1, 0.15) is 11.6 Å². The van der Waals surface area contributed by atoms with E-state index in [2.05, 4.69) is 43.4 Å². The molecule has 24 heavy (non-hydrogen) atoms. The lowest BCUT2D eigenvalue weighted by Gasteiger charge is -2.09. The van der Waals surface area contributed by atoms with Crippen molar-refractivity contribution in [3.05, 3.63) is 59.2 Å². The number of anilines is 1. The van der Waals surface area contributed by atoms with Crippen molar-refractivity contribution < 1.29 is 4.74 Å². The Morgan fingerprint density at radius 2 is 1.96 bits per heavy atom. The first-order valence-corrected chi connectivity index (χ1v) is 8.25. The predicted molar refractivity (Wildman–Crippen MR) is 97.2 cm³/mol. The van der Waals surface area contributed by atoms with Crippen LogP contribution in [0.4, 0.5) is 5.82 Å². The summed E-state index contributed by atoms with van der Waals surface area (Å²) in [6, 6.07) is 14.6. The second-order valence-electron chi connectivity index (χ2n) is 6.26. The fraction of sp³-hybridized carbons (Fsp3) is 0.250. The van der Waals surface area contributed by atoms with Crippen LogP contribution in [0.25, 0.3) is 16.9 Å². The van der Waals surface area contributed by atoms with Gasteiger partial charge in [-0.1, -0.05) is 18.2 Å². The van der Waals surface area contributed by atoms with Crippen molar-refractivity contribution >= 4 is 5.82 Å². The van der Waals surface area contributed by atoms with Crippen LogP contribution in [0.2, 0.25) is 0 Å². The molecule has 0 radical (unpaired) electrons. The van der Waals surface area contributed by atoms with Crippen LogP contribution in [0, 0.1) is 13.8 Å². The van der Waals surface area contributed by atoms with E-state index in [1.165, 1.54) is 16.7 Å². The molecule has 122 valence electrons. The summed E-state index contributed by atoms with van der Waals surface area (Å²) < 4.78 is 7.40. The van der Waals surface area contributed by atoms with Gasteiger partial charge < -0.3 is 10.1 Å². The zero-order valence-corrected chi connectivity index (χ0v) is 14.3. The minimum atomic E-state index is 0.855. The molecular formula is C20H21N3O. The summed E-state index contributed by atoms with van der Waals surface area (Å²) in [5, 5.41) is 8.41. The molecule has 1 N–H and O–H groups in total. The molecule has 2 aromatic carbocycles. The summed E-state index contributed by atoms with van der Waals surface area (Å²) in [5.74, 6) is 1.96.